The van der Waals surface area contributed by atoms with Crippen LogP contribution in [0.2, 0.25) is 0 Å². The van der Waals surface area contributed by atoms with Gasteiger partial charge in [0.1, 0.15) is 6.04 Å². The van der Waals surface area contributed by atoms with Crippen molar-refractivity contribution in [2.75, 3.05) is 12.8 Å². The van der Waals surface area contributed by atoms with Crippen LogP contribution in [0.15, 0.2) is 29.2 Å². The van der Waals surface area contributed by atoms with Gasteiger partial charge in [-0.3, -0.25) is 4.79 Å². The Kier molecular flexibility index (Phi) is 5.78. The van der Waals surface area contributed by atoms with Crippen molar-refractivity contribution in [2.45, 2.75) is 49.2 Å². The van der Waals surface area contributed by atoms with Crippen LogP contribution in [-0.2, 0) is 11.2 Å². The van der Waals surface area contributed by atoms with E-state index in [-0.39, 0.29) is 19.4 Å². The van der Waals surface area contributed by atoms with Crippen LogP contribution in [0.5, 0.6) is 0 Å². The highest BCUT2D eigenvalue weighted by Gasteiger charge is 2.45. The minimum Gasteiger partial charge on any atom is -0.331 e. The van der Waals surface area contributed by atoms with Crippen molar-refractivity contribution in [3.63, 3.8) is 0 Å². The highest BCUT2D eigenvalue weighted by molar-refractivity contribution is 7.98. The van der Waals surface area contributed by atoms with Crippen LogP contribution in [0.25, 0.3) is 0 Å². The lowest BCUT2D eigenvalue weighted by molar-refractivity contribution is -0.195. The molecule has 1 saturated heterocycles. The standard InChI is InChI=1S/C16H20F3NOS/c1-22-13-8-5-12(6-9-13)7-10-15(21)20-11-3-2-4-14(20)16(17,18)19/h5-6,8-9,14H,2-4,7,10-11H2,1H3. The Balaban J connectivity index is 1.95. The smallest absolute Gasteiger partial charge is 0.331 e. The minimum atomic E-state index is -4.32. The molecular formula is C16H20F3NOS. The zero-order valence-corrected chi connectivity index (χ0v) is 13.3. The number of hydrogen-bond acceptors (Lipinski definition) is 2. The predicted molar refractivity (Wildman–Crippen MR) is 82.0 cm³/mol. The van der Waals surface area contributed by atoms with E-state index in [1.807, 2.05) is 30.5 Å². The summed E-state index contributed by atoms with van der Waals surface area (Å²) in [5.41, 5.74) is 0.978. The van der Waals surface area contributed by atoms with E-state index in [0.29, 0.717) is 19.3 Å². The van der Waals surface area contributed by atoms with Crippen LogP contribution < -0.4 is 0 Å². The molecule has 1 atom stereocenters. The van der Waals surface area contributed by atoms with Crippen molar-refractivity contribution in [3.8, 4) is 0 Å². The lowest BCUT2D eigenvalue weighted by Gasteiger charge is -2.36. The molecule has 2 rings (SSSR count). The summed E-state index contributed by atoms with van der Waals surface area (Å²) in [6.07, 6.45) is -0.523. The third-order valence-electron chi connectivity index (χ3n) is 3.99. The Labute approximate surface area is 133 Å². The number of amides is 1. The summed E-state index contributed by atoms with van der Waals surface area (Å²) in [6.45, 7) is 0.217. The van der Waals surface area contributed by atoms with Gasteiger partial charge in [0, 0.05) is 17.9 Å². The highest BCUT2D eigenvalue weighted by Crippen LogP contribution is 2.32. The van der Waals surface area contributed by atoms with E-state index in [1.54, 1.807) is 11.8 Å². The van der Waals surface area contributed by atoms with Gasteiger partial charge < -0.3 is 4.90 Å². The van der Waals surface area contributed by atoms with E-state index in [2.05, 4.69) is 0 Å². The number of aryl methyl sites for hydroxylation is 1. The van der Waals surface area contributed by atoms with E-state index in [1.165, 1.54) is 0 Å². The van der Waals surface area contributed by atoms with Crippen molar-refractivity contribution in [1.82, 2.24) is 4.90 Å². The number of carbonyl (C=O) groups excluding carboxylic acids is 1. The molecule has 1 heterocycles. The van der Waals surface area contributed by atoms with Gasteiger partial charge in [-0.15, -0.1) is 11.8 Å². The molecule has 2 nitrogen and oxygen atoms in total. The molecule has 0 aromatic heterocycles. The number of alkyl halides is 3. The molecule has 122 valence electrons. The number of halogens is 3. The lowest BCUT2D eigenvalue weighted by Crippen LogP contribution is -2.51. The highest BCUT2D eigenvalue weighted by atomic mass is 32.2. The third-order valence-corrected chi connectivity index (χ3v) is 4.73. The molecule has 0 spiro atoms. The SMILES string of the molecule is CSc1ccc(CCC(=O)N2CCCCC2C(F)(F)F)cc1. The summed E-state index contributed by atoms with van der Waals surface area (Å²) < 4.78 is 39.0. The van der Waals surface area contributed by atoms with Gasteiger partial charge in [-0.05, 0) is 49.6 Å². The number of carbonyl (C=O) groups is 1. The van der Waals surface area contributed by atoms with E-state index in [0.717, 1.165) is 15.4 Å². The molecule has 1 aromatic rings. The molecule has 1 unspecified atom stereocenters. The molecular weight excluding hydrogens is 311 g/mol. The van der Waals surface area contributed by atoms with Gasteiger partial charge in [-0.25, -0.2) is 0 Å². The van der Waals surface area contributed by atoms with E-state index in [9.17, 15) is 18.0 Å². The van der Waals surface area contributed by atoms with Crippen LogP contribution in [0.4, 0.5) is 13.2 Å². The summed E-state index contributed by atoms with van der Waals surface area (Å²) >= 11 is 1.63. The fraction of sp³-hybridized carbons (Fsp3) is 0.562. The summed E-state index contributed by atoms with van der Waals surface area (Å²) in [4.78, 5) is 14.3. The van der Waals surface area contributed by atoms with E-state index in [4.69, 9.17) is 0 Å². The second-order valence-electron chi connectivity index (χ2n) is 5.49. The maximum atomic E-state index is 13.0. The van der Waals surface area contributed by atoms with Crippen LogP contribution >= 0.6 is 11.8 Å². The minimum absolute atomic E-state index is 0.0255. The maximum Gasteiger partial charge on any atom is 0.408 e. The molecule has 0 aliphatic carbocycles. The molecule has 0 bridgehead atoms. The fourth-order valence-corrected chi connectivity index (χ4v) is 3.17. The molecule has 6 heteroatoms. The molecule has 0 radical (unpaired) electrons. The number of nitrogens with zero attached hydrogens (tertiary/aromatic N) is 1. The molecule has 22 heavy (non-hydrogen) atoms. The zero-order chi connectivity index (χ0) is 16.2. The predicted octanol–water partition coefficient (Wildman–Crippen LogP) is 4.28. The van der Waals surface area contributed by atoms with Crippen molar-refractivity contribution >= 4 is 17.7 Å². The summed E-state index contributed by atoms with van der Waals surface area (Å²) in [7, 11) is 0. The maximum absolute atomic E-state index is 13.0. The largest absolute Gasteiger partial charge is 0.408 e. The fourth-order valence-electron chi connectivity index (χ4n) is 2.76. The molecule has 0 N–H and O–H groups in total. The van der Waals surface area contributed by atoms with Gasteiger partial charge in [0.25, 0.3) is 0 Å². The lowest BCUT2D eigenvalue weighted by atomic mass is 10.0. The van der Waals surface area contributed by atoms with Crippen LogP contribution in [0.3, 0.4) is 0 Å². The van der Waals surface area contributed by atoms with Gasteiger partial charge in [0.2, 0.25) is 5.91 Å². The van der Waals surface area contributed by atoms with Crippen molar-refractivity contribution in [2.24, 2.45) is 0 Å². The van der Waals surface area contributed by atoms with Gasteiger partial charge in [0.05, 0.1) is 0 Å². The first-order valence-corrected chi connectivity index (χ1v) is 8.63. The van der Waals surface area contributed by atoms with Crippen LogP contribution in [-0.4, -0.2) is 35.8 Å². The number of benzene rings is 1. The Morgan fingerprint density at radius 1 is 1.27 bits per heavy atom. The van der Waals surface area contributed by atoms with Gasteiger partial charge in [0.15, 0.2) is 0 Å². The second-order valence-corrected chi connectivity index (χ2v) is 6.37. The Morgan fingerprint density at radius 2 is 1.95 bits per heavy atom. The number of piperidine rings is 1. The molecule has 1 aliphatic heterocycles. The average molecular weight is 331 g/mol. The van der Waals surface area contributed by atoms with Crippen LogP contribution in [0.1, 0.15) is 31.2 Å². The van der Waals surface area contributed by atoms with Crippen molar-refractivity contribution < 1.29 is 18.0 Å². The van der Waals surface area contributed by atoms with E-state index >= 15 is 0 Å². The third kappa shape index (κ3) is 4.41. The first-order chi connectivity index (χ1) is 10.4. The Hall–Kier alpha value is -1.17. The zero-order valence-electron chi connectivity index (χ0n) is 12.5. The van der Waals surface area contributed by atoms with Gasteiger partial charge in [-0.2, -0.15) is 13.2 Å². The summed E-state index contributed by atoms with van der Waals surface area (Å²) in [5, 5.41) is 0. The van der Waals surface area contributed by atoms with Gasteiger partial charge >= 0.3 is 6.18 Å². The van der Waals surface area contributed by atoms with Crippen molar-refractivity contribution in [3.05, 3.63) is 29.8 Å². The molecule has 1 aliphatic rings. The molecule has 1 aromatic carbocycles. The summed E-state index contributed by atoms with van der Waals surface area (Å²) in [6, 6.07) is 6.17. The molecule has 1 amide bonds. The first-order valence-electron chi connectivity index (χ1n) is 7.41. The summed E-state index contributed by atoms with van der Waals surface area (Å²) in [5.74, 6) is -0.393. The number of likely N-dealkylation sites (tertiary alicyclic amines) is 1. The number of thioether (sulfide) groups is 1. The topological polar surface area (TPSA) is 20.3 Å². The monoisotopic (exact) mass is 331 g/mol. The number of rotatable bonds is 4. The van der Waals surface area contributed by atoms with Gasteiger partial charge in [-0.1, -0.05) is 12.1 Å². The van der Waals surface area contributed by atoms with Crippen LogP contribution in [0, 0.1) is 0 Å². The first kappa shape index (κ1) is 17.2. The van der Waals surface area contributed by atoms with E-state index < -0.39 is 18.1 Å². The average Bonchev–Trinajstić information content (AvgIpc) is 2.52. The number of hydrogen-bond donors (Lipinski definition) is 0. The second kappa shape index (κ2) is 7.40. The molecule has 0 saturated carbocycles. The van der Waals surface area contributed by atoms with Crippen molar-refractivity contribution in [1.29, 1.82) is 0 Å². The Morgan fingerprint density at radius 3 is 2.55 bits per heavy atom. The quantitative estimate of drug-likeness (QED) is 0.767. The Bertz CT molecular complexity index is 501. The molecule has 1 fully saturated rings. The normalized spacial score (nSPS) is 19.3.